The van der Waals surface area contributed by atoms with Crippen molar-refractivity contribution in [3.05, 3.63) is 35.4 Å². The molecule has 0 radical (unpaired) electrons. The summed E-state index contributed by atoms with van der Waals surface area (Å²) in [5.74, 6) is 0.619. The smallest absolute Gasteiger partial charge is 0.0546 e. The van der Waals surface area contributed by atoms with Crippen molar-refractivity contribution in [3.8, 4) is 0 Å². The average Bonchev–Trinajstić information content (AvgIpc) is 2.23. The van der Waals surface area contributed by atoms with Crippen LogP contribution in [0.25, 0.3) is 0 Å². The first-order chi connectivity index (χ1) is 7.31. The second kappa shape index (κ2) is 4.80. The van der Waals surface area contributed by atoms with Gasteiger partial charge in [0.05, 0.1) is 6.10 Å². The summed E-state index contributed by atoms with van der Waals surface area (Å²) in [4.78, 5) is 0. The lowest BCUT2D eigenvalue weighted by Gasteiger charge is -2.31. The van der Waals surface area contributed by atoms with Gasteiger partial charge in [-0.25, -0.2) is 0 Å². The summed E-state index contributed by atoms with van der Waals surface area (Å²) in [6.45, 7) is 2.17. The number of hydrogen-bond donors (Lipinski definition) is 1. The van der Waals surface area contributed by atoms with Gasteiger partial charge in [-0.3, -0.25) is 0 Å². The van der Waals surface area contributed by atoms with Crippen LogP contribution in [0, 0.1) is 0 Å². The molecule has 0 amide bonds. The molecule has 2 atom stereocenters. The maximum Gasteiger partial charge on any atom is 0.0546 e. The van der Waals surface area contributed by atoms with E-state index in [1.54, 1.807) is 0 Å². The minimum Gasteiger partial charge on any atom is -0.393 e. The minimum absolute atomic E-state index is 0.0942. The van der Waals surface area contributed by atoms with E-state index >= 15 is 0 Å². The van der Waals surface area contributed by atoms with Crippen LogP contribution in [0.4, 0.5) is 0 Å². The number of fused-ring (bicyclic) bond motifs is 1. The van der Waals surface area contributed by atoms with Gasteiger partial charge in [-0.15, -0.1) is 0 Å². The van der Waals surface area contributed by atoms with E-state index in [1.807, 2.05) is 0 Å². The third kappa shape index (κ3) is 2.40. The molecule has 0 aliphatic heterocycles. The van der Waals surface area contributed by atoms with Crippen LogP contribution in [0.5, 0.6) is 0 Å². The van der Waals surface area contributed by atoms with Gasteiger partial charge in [-0.2, -0.15) is 0 Å². The maximum absolute atomic E-state index is 9.84. The number of unbranched alkanes of at least 4 members (excludes halogenated alkanes) is 1. The first kappa shape index (κ1) is 10.7. The normalized spacial score (nSPS) is 20.5. The molecule has 1 aromatic rings. The van der Waals surface area contributed by atoms with Gasteiger partial charge in [0.25, 0.3) is 0 Å². The van der Waals surface area contributed by atoms with Crippen molar-refractivity contribution >= 4 is 0 Å². The second-order valence-electron chi connectivity index (χ2n) is 4.63. The summed E-state index contributed by atoms with van der Waals surface area (Å²) >= 11 is 0. The highest BCUT2D eigenvalue weighted by Gasteiger charge is 2.26. The monoisotopic (exact) mass is 204 g/mol. The molecule has 0 saturated heterocycles. The molecular formula is C14H20O. The first-order valence-electron chi connectivity index (χ1n) is 6.07. The topological polar surface area (TPSA) is 20.2 Å². The number of rotatable bonds is 5. The Kier molecular flexibility index (Phi) is 3.42. The van der Waals surface area contributed by atoms with Crippen molar-refractivity contribution in [2.45, 2.75) is 51.0 Å². The zero-order chi connectivity index (χ0) is 10.7. The molecule has 15 heavy (non-hydrogen) atoms. The fraction of sp³-hybridized carbons (Fsp3) is 0.571. The van der Waals surface area contributed by atoms with Gasteiger partial charge in [0.15, 0.2) is 0 Å². The standard InChI is InChI=1S/C14H20O/c1-2-3-7-13(15)10-12-9-11-6-4-5-8-14(11)12/h4-6,8,12-13,15H,2-3,7,9-10H2,1H3. The highest BCUT2D eigenvalue weighted by molar-refractivity contribution is 5.39. The molecule has 2 unspecified atom stereocenters. The zero-order valence-corrected chi connectivity index (χ0v) is 9.45. The largest absolute Gasteiger partial charge is 0.393 e. The zero-order valence-electron chi connectivity index (χ0n) is 9.45. The molecule has 1 heteroatoms. The first-order valence-corrected chi connectivity index (χ1v) is 6.07. The molecular weight excluding hydrogens is 184 g/mol. The molecule has 1 N–H and O–H groups in total. The number of aliphatic hydroxyl groups is 1. The van der Waals surface area contributed by atoms with Gasteiger partial charge >= 0.3 is 0 Å². The van der Waals surface area contributed by atoms with E-state index in [0.717, 1.165) is 19.3 Å². The van der Waals surface area contributed by atoms with Crippen LogP contribution >= 0.6 is 0 Å². The molecule has 1 nitrogen and oxygen atoms in total. The lowest BCUT2D eigenvalue weighted by molar-refractivity contribution is 0.139. The van der Waals surface area contributed by atoms with Gasteiger partial charge in [0.2, 0.25) is 0 Å². The Morgan fingerprint density at radius 1 is 1.40 bits per heavy atom. The Morgan fingerprint density at radius 2 is 2.20 bits per heavy atom. The SMILES string of the molecule is CCCCC(O)CC1Cc2ccccc21. The Hall–Kier alpha value is -0.820. The Bertz CT molecular complexity index is 319. The average molecular weight is 204 g/mol. The van der Waals surface area contributed by atoms with Gasteiger partial charge in [-0.1, -0.05) is 44.0 Å². The third-order valence-corrected chi connectivity index (χ3v) is 3.41. The van der Waals surface area contributed by atoms with E-state index in [0.29, 0.717) is 5.92 Å². The Balaban J connectivity index is 1.84. The van der Waals surface area contributed by atoms with E-state index in [9.17, 15) is 5.11 Å². The van der Waals surface area contributed by atoms with Crippen molar-refractivity contribution in [2.24, 2.45) is 0 Å². The van der Waals surface area contributed by atoms with Crippen LogP contribution in [0.1, 0.15) is 49.7 Å². The lowest BCUT2D eigenvalue weighted by atomic mass is 9.74. The summed E-state index contributed by atoms with van der Waals surface area (Å²) in [5, 5.41) is 9.84. The van der Waals surface area contributed by atoms with Gasteiger partial charge in [0.1, 0.15) is 0 Å². The fourth-order valence-electron chi connectivity index (χ4n) is 2.46. The van der Waals surface area contributed by atoms with E-state index in [4.69, 9.17) is 0 Å². The molecule has 1 aliphatic rings. The predicted octanol–water partition coefficient (Wildman–Crippen LogP) is 3.27. The van der Waals surface area contributed by atoms with E-state index in [1.165, 1.54) is 24.0 Å². The molecule has 82 valence electrons. The molecule has 0 saturated carbocycles. The van der Waals surface area contributed by atoms with E-state index < -0.39 is 0 Å². The van der Waals surface area contributed by atoms with Gasteiger partial charge in [-0.05, 0) is 36.3 Å². The molecule has 2 rings (SSSR count). The molecule has 0 fully saturated rings. The van der Waals surface area contributed by atoms with Gasteiger partial charge in [0, 0.05) is 0 Å². The van der Waals surface area contributed by atoms with Crippen LogP contribution in [-0.4, -0.2) is 11.2 Å². The summed E-state index contributed by atoms with van der Waals surface area (Å²) in [6, 6.07) is 8.60. The summed E-state index contributed by atoms with van der Waals surface area (Å²) in [7, 11) is 0. The summed E-state index contributed by atoms with van der Waals surface area (Å²) in [6.07, 6.45) is 5.32. The van der Waals surface area contributed by atoms with Crippen molar-refractivity contribution in [3.63, 3.8) is 0 Å². The molecule has 0 bridgehead atoms. The van der Waals surface area contributed by atoms with Crippen molar-refractivity contribution in [2.75, 3.05) is 0 Å². The van der Waals surface area contributed by atoms with Crippen molar-refractivity contribution in [1.82, 2.24) is 0 Å². The highest BCUT2D eigenvalue weighted by Crippen LogP contribution is 2.38. The fourth-order valence-corrected chi connectivity index (χ4v) is 2.46. The van der Waals surface area contributed by atoms with Crippen molar-refractivity contribution < 1.29 is 5.11 Å². The molecule has 0 heterocycles. The lowest BCUT2D eigenvalue weighted by Crippen LogP contribution is -2.22. The Morgan fingerprint density at radius 3 is 2.93 bits per heavy atom. The van der Waals surface area contributed by atoms with Crippen LogP contribution in [0.15, 0.2) is 24.3 Å². The highest BCUT2D eigenvalue weighted by atomic mass is 16.3. The van der Waals surface area contributed by atoms with Crippen LogP contribution in [0.2, 0.25) is 0 Å². The van der Waals surface area contributed by atoms with E-state index in [2.05, 4.69) is 31.2 Å². The number of aliphatic hydroxyl groups excluding tert-OH is 1. The summed E-state index contributed by atoms with van der Waals surface area (Å²) < 4.78 is 0. The van der Waals surface area contributed by atoms with Crippen molar-refractivity contribution in [1.29, 1.82) is 0 Å². The minimum atomic E-state index is -0.0942. The maximum atomic E-state index is 9.84. The Labute approximate surface area is 92.1 Å². The molecule has 1 aliphatic carbocycles. The van der Waals surface area contributed by atoms with E-state index in [-0.39, 0.29) is 6.10 Å². The van der Waals surface area contributed by atoms with Crippen LogP contribution in [0.3, 0.4) is 0 Å². The van der Waals surface area contributed by atoms with Crippen LogP contribution in [-0.2, 0) is 6.42 Å². The number of benzene rings is 1. The molecule has 0 spiro atoms. The predicted molar refractivity (Wildman–Crippen MR) is 63.0 cm³/mol. The molecule has 0 aromatic heterocycles. The summed E-state index contributed by atoms with van der Waals surface area (Å²) in [5.41, 5.74) is 2.94. The second-order valence-corrected chi connectivity index (χ2v) is 4.63. The number of hydrogen-bond acceptors (Lipinski definition) is 1. The quantitative estimate of drug-likeness (QED) is 0.780. The third-order valence-electron chi connectivity index (χ3n) is 3.41. The molecule has 1 aromatic carbocycles. The van der Waals surface area contributed by atoms with Crippen LogP contribution < -0.4 is 0 Å². The van der Waals surface area contributed by atoms with Gasteiger partial charge < -0.3 is 5.11 Å².